The number of allylic oxidation sites excluding steroid dienone is 2. The Morgan fingerprint density at radius 2 is 1.28 bits per heavy atom. The van der Waals surface area contributed by atoms with Gasteiger partial charge in [0.05, 0.1) is 19.4 Å². The fraction of sp³-hybridized carbons (Fsp3) is 0.680. The third-order valence-corrected chi connectivity index (χ3v) is 6.19. The molecule has 0 aliphatic heterocycles. The molecule has 0 radical (unpaired) electrons. The summed E-state index contributed by atoms with van der Waals surface area (Å²) in [6.07, 6.45) is 21.8. The van der Waals surface area contributed by atoms with Crippen LogP contribution in [-0.2, 0) is 14.5 Å². The van der Waals surface area contributed by atoms with Gasteiger partial charge >= 0.3 is 39.9 Å². The quantitative estimate of drug-likeness (QED) is 0.128. The summed E-state index contributed by atoms with van der Waals surface area (Å²) >= 11 is 0. The SMILES string of the molecule is CCCCCCCC/C=C\CCCCCCCCOS(=O)(=O)Nc1ccc(OC)cc1.[NaH]. The van der Waals surface area contributed by atoms with Crippen LogP contribution in [0.4, 0.5) is 5.69 Å². The Balaban J connectivity index is 0.00000961. The first-order chi connectivity index (χ1) is 15.1. The van der Waals surface area contributed by atoms with E-state index in [0.717, 1.165) is 19.3 Å². The van der Waals surface area contributed by atoms with Crippen LogP contribution in [0.2, 0.25) is 0 Å². The van der Waals surface area contributed by atoms with Crippen molar-refractivity contribution in [2.24, 2.45) is 0 Å². The standard InChI is InChI=1S/C25H43NO4S.Na.H/c1-3-4-5-6-7-8-9-10-11-12-13-14-15-16-17-18-23-30-31(27,28)26-24-19-21-25(29-2)22-20-24;;/h10-11,19-22,26H,3-9,12-18,23H2,1-2H3;;/b11-10-;;. The van der Waals surface area contributed by atoms with E-state index in [-0.39, 0.29) is 36.2 Å². The number of hydrogen-bond acceptors (Lipinski definition) is 4. The van der Waals surface area contributed by atoms with Gasteiger partial charge in [-0.25, -0.2) is 0 Å². The topological polar surface area (TPSA) is 64.6 Å². The Hall–Kier alpha value is -0.530. The monoisotopic (exact) mass is 477 g/mol. The molecule has 0 saturated carbocycles. The Labute approximate surface area is 219 Å². The van der Waals surface area contributed by atoms with Crippen molar-refractivity contribution >= 4 is 45.5 Å². The van der Waals surface area contributed by atoms with Gasteiger partial charge in [0.1, 0.15) is 5.75 Å². The normalized spacial score (nSPS) is 11.4. The van der Waals surface area contributed by atoms with E-state index in [9.17, 15) is 8.42 Å². The van der Waals surface area contributed by atoms with Gasteiger partial charge < -0.3 is 4.74 Å². The summed E-state index contributed by atoms with van der Waals surface area (Å²) < 4.78 is 36.4. The number of benzene rings is 1. The molecule has 5 nitrogen and oxygen atoms in total. The van der Waals surface area contributed by atoms with Gasteiger partial charge in [-0.05, 0) is 56.4 Å². The molecule has 0 saturated heterocycles. The third-order valence-electron chi connectivity index (χ3n) is 5.23. The zero-order valence-electron chi connectivity index (χ0n) is 19.6. The van der Waals surface area contributed by atoms with Crippen molar-refractivity contribution < 1.29 is 17.3 Å². The molecule has 1 N–H and O–H groups in total. The Morgan fingerprint density at radius 3 is 1.81 bits per heavy atom. The van der Waals surface area contributed by atoms with E-state index >= 15 is 0 Å². The number of anilines is 1. The van der Waals surface area contributed by atoms with Crippen LogP contribution in [0.3, 0.4) is 0 Å². The molecule has 7 heteroatoms. The summed E-state index contributed by atoms with van der Waals surface area (Å²) in [5.74, 6) is 0.674. The Kier molecular flexibility index (Phi) is 20.7. The predicted octanol–water partition coefficient (Wildman–Crippen LogP) is 6.76. The first-order valence-corrected chi connectivity index (χ1v) is 13.4. The molecule has 1 aromatic carbocycles. The Morgan fingerprint density at radius 1 is 0.781 bits per heavy atom. The van der Waals surface area contributed by atoms with Gasteiger partial charge in [-0.1, -0.05) is 76.9 Å². The summed E-state index contributed by atoms with van der Waals surface area (Å²) in [5, 5.41) is 0. The van der Waals surface area contributed by atoms with E-state index < -0.39 is 10.3 Å². The van der Waals surface area contributed by atoms with E-state index in [1.54, 1.807) is 31.4 Å². The molecule has 0 aliphatic carbocycles. The van der Waals surface area contributed by atoms with Crippen LogP contribution in [0.15, 0.2) is 36.4 Å². The molecule has 0 heterocycles. The molecule has 0 bridgehead atoms. The van der Waals surface area contributed by atoms with Crippen LogP contribution in [0.25, 0.3) is 0 Å². The fourth-order valence-electron chi connectivity index (χ4n) is 3.35. The third kappa shape index (κ3) is 18.0. The van der Waals surface area contributed by atoms with Crippen LogP contribution in [0.5, 0.6) is 5.75 Å². The van der Waals surface area contributed by atoms with E-state index in [4.69, 9.17) is 8.92 Å². The van der Waals surface area contributed by atoms with Crippen molar-refractivity contribution in [3.05, 3.63) is 36.4 Å². The fourth-order valence-corrected chi connectivity index (χ4v) is 4.17. The zero-order valence-corrected chi connectivity index (χ0v) is 20.4. The average molecular weight is 478 g/mol. The first-order valence-electron chi connectivity index (χ1n) is 12.0. The molecule has 0 aliphatic rings. The number of methoxy groups -OCH3 is 1. The number of ether oxygens (including phenoxy) is 1. The molecular formula is C25H44NNaO4S. The van der Waals surface area contributed by atoms with E-state index in [1.807, 2.05) is 0 Å². The van der Waals surface area contributed by atoms with Gasteiger partial charge in [-0.15, -0.1) is 0 Å². The van der Waals surface area contributed by atoms with Crippen molar-refractivity contribution in [2.45, 2.75) is 96.8 Å². The van der Waals surface area contributed by atoms with Crippen LogP contribution < -0.4 is 9.46 Å². The molecule has 0 fully saturated rings. The molecule has 0 atom stereocenters. The number of unbranched alkanes of at least 4 members (excludes halogenated alkanes) is 12. The van der Waals surface area contributed by atoms with Crippen molar-refractivity contribution in [1.29, 1.82) is 0 Å². The molecule has 1 aromatic rings. The van der Waals surface area contributed by atoms with Crippen LogP contribution in [0.1, 0.15) is 96.8 Å². The van der Waals surface area contributed by atoms with Gasteiger partial charge in [0.15, 0.2) is 0 Å². The van der Waals surface area contributed by atoms with E-state index in [1.165, 1.54) is 70.6 Å². The molecule has 0 aromatic heterocycles. The van der Waals surface area contributed by atoms with Gasteiger partial charge in [-0.3, -0.25) is 8.91 Å². The van der Waals surface area contributed by atoms with Gasteiger partial charge in [0, 0.05) is 0 Å². The molecule has 0 spiro atoms. The van der Waals surface area contributed by atoms with Crippen LogP contribution >= 0.6 is 0 Å². The maximum absolute atomic E-state index is 11.9. The summed E-state index contributed by atoms with van der Waals surface area (Å²) in [7, 11) is -2.21. The number of nitrogens with one attached hydrogen (secondary N) is 1. The van der Waals surface area contributed by atoms with E-state index in [0.29, 0.717) is 11.4 Å². The van der Waals surface area contributed by atoms with Crippen LogP contribution in [0, 0.1) is 0 Å². The van der Waals surface area contributed by atoms with Gasteiger partial charge in [0.2, 0.25) is 0 Å². The Bertz CT molecular complexity index is 678. The maximum atomic E-state index is 11.9. The van der Waals surface area contributed by atoms with Gasteiger partial charge in [0.25, 0.3) is 0 Å². The minimum absolute atomic E-state index is 0. The summed E-state index contributed by atoms with van der Waals surface area (Å²) in [5.41, 5.74) is 0.460. The second-order valence-corrected chi connectivity index (χ2v) is 9.39. The molecular weight excluding hydrogens is 433 g/mol. The summed E-state index contributed by atoms with van der Waals surface area (Å²) in [6.45, 7) is 2.47. The second kappa shape index (κ2) is 21.0. The average Bonchev–Trinajstić information content (AvgIpc) is 2.76. The van der Waals surface area contributed by atoms with Crippen molar-refractivity contribution in [2.75, 3.05) is 18.4 Å². The molecule has 0 unspecified atom stereocenters. The molecule has 1 rings (SSSR count). The zero-order chi connectivity index (χ0) is 22.6. The van der Waals surface area contributed by atoms with Crippen molar-refractivity contribution in [1.82, 2.24) is 0 Å². The van der Waals surface area contributed by atoms with Crippen molar-refractivity contribution in [3.8, 4) is 5.75 Å². The van der Waals surface area contributed by atoms with Crippen molar-refractivity contribution in [3.63, 3.8) is 0 Å². The molecule has 180 valence electrons. The van der Waals surface area contributed by atoms with Crippen LogP contribution in [-0.4, -0.2) is 51.7 Å². The second-order valence-electron chi connectivity index (χ2n) is 8.04. The van der Waals surface area contributed by atoms with Gasteiger partial charge in [-0.2, -0.15) is 8.42 Å². The minimum atomic E-state index is -3.77. The number of hydrogen-bond donors (Lipinski definition) is 1. The molecule has 0 amide bonds. The number of rotatable bonds is 20. The summed E-state index contributed by atoms with van der Waals surface area (Å²) in [6, 6.07) is 6.68. The first kappa shape index (κ1) is 31.5. The van der Waals surface area contributed by atoms with E-state index in [2.05, 4.69) is 23.8 Å². The summed E-state index contributed by atoms with van der Waals surface area (Å²) in [4.78, 5) is 0. The molecule has 32 heavy (non-hydrogen) atoms. The predicted molar refractivity (Wildman–Crippen MR) is 138 cm³/mol.